The van der Waals surface area contributed by atoms with Crippen LogP contribution in [0, 0.1) is 0 Å². The minimum atomic E-state index is -0.671. The van der Waals surface area contributed by atoms with E-state index in [1.165, 1.54) is 186 Å². The first-order chi connectivity index (χ1) is 29.0. The van der Waals surface area contributed by atoms with Gasteiger partial charge in [0.05, 0.1) is 25.4 Å². The van der Waals surface area contributed by atoms with E-state index >= 15 is 0 Å². The van der Waals surface area contributed by atoms with Gasteiger partial charge in [0.25, 0.3) is 0 Å². The molecule has 0 aromatic heterocycles. The standard InChI is InChI=1S/C53H101NO5/c1-3-5-7-9-11-13-15-17-18-22-25-29-33-37-41-45-51(56)50(49-55)54-52(57)46-42-38-34-30-26-23-19-20-24-28-32-36-40-44-48-59-53(58)47-43-39-35-31-27-21-16-14-12-10-8-6-4-2/h8,10,14,16,50-51,55-56H,3-7,9,11-13,15,17-49H2,1-2H3,(H,54,57)/b10-8-,16-14-. The molecule has 0 heterocycles. The van der Waals surface area contributed by atoms with E-state index in [9.17, 15) is 19.8 Å². The number of ether oxygens (including phenoxy) is 1. The molecule has 0 saturated heterocycles. The summed E-state index contributed by atoms with van der Waals surface area (Å²) in [5.41, 5.74) is 0. The van der Waals surface area contributed by atoms with Crippen LogP contribution in [-0.2, 0) is 14.3 Å². The summed E-state index contributed by atoms with van der Waals surface area (Å²) in [4.78, 5) is 24.5. The summed E-state index contributed by atoms with van der Waals surface area (Å²) in [6.07, 6.45) is 57.1. The molecule has 59 heavy (non-hydrogen) atoms. The Kier molecular flexibility index (Phi) is 47.6. The fourth-order valence-electron chi connectivity index (χ4n) is 7.97. The van der Waals surface area contributed by atoms with Gasteiger partial charge in [-0.1, -0.05) is 237 Å². The van der Waals surface area contributed by atoms with Gasteiger partial charge in [-0.05, 0) is 51.4 Å². The molecule has 0 aromatic rings. The zero-order chi connectivity index (χ0) is 43.0. The van der Waals surface area contributed by atoms with Crippen molar-refractivity contribution in [2.75, 3.05) is 13.2 Å². The Balaban J connectivity index is 3.45. The molecule has 1 amide bonds. The third kappa shape index (κ3) is 45.7. The predicted molar refractivity (Wildman–Crippen MR) is 255 cm³/mol. The predicted octanol–water partition coefficient (Wildman–Crippen LogP) is 15.5. The molecule has 6 heteroatoms. The summed E-state index contributed by atoms with van der Waals surface area (Å²) < 4.78 is 5.45. The Morgan fingerprint density at radius 1 is 0.475 bits per heavy atom. The molecule has 3 N–H and O–H groups in total. The largest absolute Gasteiger partial charge is 0.466 e. The number of aliphatic hydroxyl groups excluding tert-OH is 2. The topological polar surface area (TPSA) is 95.9 Å². The molecule has 0 aliphatic rings. The smallest absolute Gasteiger partial charge is 0.305 e. The number of aliphatic hydroxyl groups is 2. The van der Waals surface area contributed by atoms with Gasteiger partial charge in [0.2, 0.25) is 5.91 Å². The van der Waals surface area contributed by atoms with Gasteiger partial charge in [-0.2, -0.15) is 0 Å². The van der Waals surface area contributed by atoms with Crippen molar-refractivity contribution in [3.63, 3.8) is 0 Å². The molecule has 0 aromatic carbocycles. The summed E-state index contributed by atoms with van der Waals surface area (Å²) in [5, 5.41) is 23.2. The van der Waals surface area contributed by atoms with Crippen molar-refractivity contribution in [3.05, 3.63) is 24.3 Å². The summed E-state index contributed by atoms with van der Waals surface area (Å²) in [7, 11) is 0. The molecule has 0 aliphatic carbocycles. The number of rotatable bonds is 48. The lowest BCUT2D eigenvalue weighted by Gasteiger charge is -2.22. The fourth-order valence-corrected chi connectivity index (χ4v) is 7.97. The second kappa shape index (κ2) is 49.0. The van der Waals surface area contributed by atoms with Crippen molar-refractivity contribution < 1.29 is 24.5 Å². The van der Waals surface area contributed by atoms with Crippen LogP contribution in [0.3, 0.4) is 0 Å². The number of hydrogen-bond donors (Lipinski definition) is 3. The number of carbonyl (C=O) groups is 2. The van der Waals surface area contributed by atoms with Crippen LogP contribution in [0.1, 0.15) is 277 Å². The Hall–Kier alpha value is -1.66. The zero-order valence-corrected chi connectivity index (χ0v) is 39.5. The first-order valence-corrected chi connectivity index (χ1v) is 26.1. The molecular weight excluding hydrogens is 731 g/mol. The fraction of sp³-hybridized carbons (Fsp3) is 0.887. The van der Waals surface area contributed by atoms with Crippen LogP contribution in [0.2, 0.25) is 0 Å². The van der Waals surface area contributed by atoms with E-state index in [0.717, 1.165) is 57.8 Å². The lowest BCUT2D eigenvalue weighted by Crippen LogP contribution is -2.45. The Morgan fingerprint density at radius 3 is 1.36 bits per heavy atom. The number of nitrogens with one attached hydrogen (secondary N) is 1. The molecular formula is C53H101NO5. The maximum absolute atomic E-state index is 12.5. The maximum Gasteiger partial charge on any atom is 0.305 e. The quantitative estimate of drug-likeness (QED) is 0.0322. The van der Waals surface area contributed by atoms with Crippen LogP contribution in [0.25, 0.3) is 0 Å². The highest BCUT2D eigenvalue weighted by Gasteiger charge is 2.20. The van der Waals surface area contributed by atoms with Gasteiger partial charge in [-0.25, -0.2) is 0 Å². The molecule has 6 nitrogen and oxygen atoms in total. The summed E-state index contributed by atoms with van der Waals surface area (Å²) in [6.45, 7) is 4.86. The van der Waals surface area contributed by atoms with E-state index in [1.54, 1.807) is 0 Å². The maximum atomic E-state index is 12.5. The second-order valence-electron chi connectivity index (χ2n) is 17.9. The molecule has 2 atom stereocenters. The van der Waals surface area contributed by atoms with Gasteiger partial charge in [0.1, 0.15) is 0 Å². The molecule has 348 valence electrons. The molecule has 0 radical (unpaired) electrons. The van der Waals surface area contributed by atoms with Crippen LogP contribution in [0.15, 0.2) is 24.3 Å². The van der Waals surface area contributed by atoms with Crippen molar-refractivity contribution in [3.8, 4) is 0 Å². The minimum absolute atomic E-state index is 0.0175. The van der Waals surface area contributed by atoms with Crippen LogP contribution in [-0.4, -0.2) is 47.4 Å². The number of unbranched alkanes of at least 4 members (excludes halogenated alkanes) is 33. The summed E-state index contributed by atoms with van der Waals surface area (Å²) >= 11 is 0. The van der Waals surface area contributed by atoms with E-state index in [1.807, 2.05) is 0 Å². The summed E-state index contributed by atoms with van der Waals surface area (Å²) in [5.74, 6) is -0.0630. The third-order valence-electron chi connectivity index (χ3n) is 12.0. The number of amides is 1. The molecule has 2 unspecified atom stereocenters. The van der Waals surface area contributed by atoms with Crippen LogP contribution < -0.4 is 5.32 Å². The first kappa shape index (κ1) is 57.3. The van der Waals surface area contributed by atoms with Crippen molar-refractivity contribution in [1.82, 2.24) is 5.32 Å². The Labute approximate surface area is 367 Å². The first-order valence-electron chi connectivity index (χ1n) is 26.1. The van der Waals surface area contributed by atoms with Gasteiger partial charge in [-0.15, -0.1) is 0 Å². The normalized spacial score (nSPS) is 12.8. The minimum Gasteiger partial charge on any atom is -0.466 e. The van der Waals surface area contributed by atoms with Gasteiger partial charge >= 0.3 is 5.97 Å². The number of carbonyl (C=O) groups excluding carboxylic acids is 2. The van der Waals surface area contributed by atoms with Crippen LogP contribution >= 0.6 is 0 Å². The molecule has 0 rings (SSSR count). The zero-order valence-electron chi connectivity index (χ0n) is 39.5. The number of hydrogen-bond acceptors (Lipinski definition) is 5. The average Bonchev–Trinajstić information content (AvgIpc) is 3.24. The van der Waals surface area contributed by atoms with Gasteiger partial charge in [-0.3, -0.25) is 9.59 Å². The number of esters is 1. The van der Waals surface area contributed by atoms with E-state index in [2.05, 4.69) is 43.5 Å². The lowest BCUT2D eigenvalue weighted by molar-refractivity contribution is -0.143. The second-order valence-corrected chi connectivity index (χ2v) is 17.9. The highest BCUT2D eigenvalue weighted by Crippen LogP contribution is 2.17. The monoisotopic (exact) mass is 832 g/mol. The van der Waals surface area contributed by atoms with Crippen molar-refractivity contribution >= 4 is 11.9 Å². The van der Waals surface area contributed by atoms with Crippen molar-refractivity contribution in [1.29, 1.82) is 0 Å². The van der Waals surface area contributed by atoms with Gasteiger partial charge in [0, 0.05) is 12.8 Å². The SMILES string of the molecule is CCC/C=C\C/C=C\CCCCCCCC(=O)OCCCCCCCCCCCCCCCCC(=O)NC(CO)C(O)CCCCCCCCCCCCCCCCC. The van der Waals surface area contributed by atoms with Gasteiger partial charge < -0.3 is 20.3 Å². The summed E-state index contributed by atoms with van der Waals surface area (Å²) in [6, 6.07) is -0.549. The van der Waals surface area contributed by atoms with E-state index in [4.69, 9.17) is 4.74 Å². The molecule has 0 bridgehead atoms. The average molecular weight is 832 g/mol. The highest BCUT2D eigenvalue weighted by molar-refractivity contribution is 5.76. The molecule has 0 fully saturated rings. The van der Waals surface area contributed by atoms with E-state index < -0.39 is 12.1 Å². The van der Waals surface area contributed by atoms with Crippen molar-refractivity contribution in [2.24, 2.45) is 0 Å². The van der Waals surface area contributed by atoms with Crippen LogP contribution in [0.4, 0.5) is 0 Å². The third-order valence-corrected chi connectivity index (χ3v) is 12.0. The molecule has 0 saturated carbocycles. The van der Waals surface area contributed by atoms with E-state index in [-0.39, 0.29) is 18.5 Å². The Morgan fingerprint density at radius 2 is 0.881 bits per heavy atom. The van der Waals surface area contributed by atoms with Crippen LogP contribution in [0.5, 0.6) is 0 Å². The molecule has 0 spiro atoms. The highest BCUT2D eigenvalue weighted by atomic mass is 16.5. The lowest BCUT2D eigenvalue weighted by atomic mass is 10.0. The molecule has 0 aliphatic heterocycles. The van der Waals surface area contributed by atoms with Crippen molar-refractivity contribution in [2.45, 2.75) is 289 Å². The van der Waals surface area contributed by atoms with E-state index in [0.29, 0.717) is 25.9 Å². The number of allylic oxidation sites excluding steroid dienone is 4. The van der Waals surface area contributed by atoms with Gasteiger partial charge in [0.15, 0.2) is 0 Å². The Bertz CT molecular complexity index is 920.